The molecular formula is C6H10N2. The lowest BCUT2D eigenvalue weighted by Crippen LogP contribution is -2.60. The molecular weight excluding hydrogens is 100 g/mol. The van der Waals surface area contributed by atoms with Crippen molar-refractivity contribution in [3.8, 4) is 0 Å². The van der Waals surface area contributed by atoms with Crippen LogP contribution in [0, 0.1) is 0 Å². The van der Waals surface area contributed by atoms with E-state index in [2.05, 4.69) is 10.6 Å². The standard InChI is InChI=1S/C6H10N2/c1-2-5-6(8-5)3-7-4(1)6/h4-5,7-8H,1-3H2. The second-order valence-electron chi connectivity index (χ2n) is 3.25. The molecule has 2 heteroatoms. The number of piperidine rings is 1. The van der Waals surface area contributed by atoms with Crippen molar-refractivity contribution >= 4 is 0 Å². The fourth-order valence-electron chi connectivity index (χ4n) is 2.29. The van der Waals surface area contributed by atoms with Crippen LogP contribution >= 0.6 is 0 Å². The molecule has 2 saturated heterocycles. The zero-order chi connectivity index (χ0) is 5.19. The molecule has 44 valence electrons. The first-order valence-electron chi connectivity index (χ1n) is 3.43. The van der Waals surface area contributed by atoms with Gasteiger partial charge in [-0.1, -0.05) is 0 Å². The summed E-state index contributed by atoms with van der Waals surface area (Å²) in [5.74, 6) is 0. The predicted molar refractivity (Wildman–Crippen MR) is 30.7 cm³/mol. The Morgan fingerprint density at radius 3 is 2.38 bits per heavy atom. The lowest BCUT2D eigenvalue weighted by atomic mass is 9.93. The average molecular weight is 110 g/mol. The summed E-state index contributed by atoms with van der Waals surface area (Å²) in [5.41, 5.74) is 0.639. The van der Waals surface area contributed by atoms with E-state index < -0.39 is 0 Å². The van der Waals surface area contributed by atoms with Crippen molar-refractivity contribution in [2.75, 3.05) is 6.54 Å². The van der Waals surface area contributed by atoms with E-state index in [4.69, 9.17) is 0 Å². The number of nitrogens with one attached hydrogen (secondary N) is 2. The number of rotatable bonds is 0. The van der Waals surface area contributed by atoms with Crippen molar-refractivity contribution in [1.29, 1.82) is 0 Å². The summed E-state index contributed by atoms with van der Waals surface area (Å²) < 4.78 is 0. The third-order valence-electron chi connectivity index (χ3n) is 2.99. The molecule has 2 N–H and O–H groups in total. The van der Waals surface area contributed by atoms with E-state index in [1.807, 2.05) is 0 Å². The highest BCUT2D eigenvalue weighted by atomic mass is 15.4. The van der Waals surface area contributed by atoms with Gasteiger partial charge in [0.05, 0.1) is 5.54 Å². The highest BCUT2D eigenvalue weighted by Crippen LogP contribution is 2.46. The fourth-order valence-corrected chi connectivity index (χ4v) is 2.29. The van der Waals surface area contributed by atoms with Crippen molar-refractivity contribution in [2.45, 2.75) is 30.5 Å². The topological polar surface area (TPSA) is 34.0 Å². The zero-order valence-corrected chi connectivity index (χ0v) is 4.78. The van der Waals surface area contributed by atoms with E-state index in [1.165, 1.54) is 19.4 Å². The maximum atomic E-state index is 3.52. The first-order valence-corrected chi connectivity index (χ1v) is 3.43. The summed E-state index contributed by atoms with van der Waals surface area (Å²) in [6.45, 7) is 1.24. The van der Waals surface area contributed by atoms with Crippen LogP contribution < -0.4 is 10.6 Å². The van der Waals surface area contributed by atoms with Crippen molar-refractivity contribution in [3.05, 3.63) is 0 Å². The summed E-state index contributed by atoms with van der Waals surface area (Å²) in [5, 5.41) is 6.95. The molecule has 3 unspecified atom stereocenters. The van der Waals surface area contributed by atoms with Gasteiger partial charge < -0.3 is 10.6 Å². The average Bonchev–Trinajstić information content (AvgIpc) is 2.36. The van der Waals surface area contributed by atoms with Gasteiger partial charge in [0.15, 0.2) is 0 Å². The molecule has 2 nitrogen and oxygen atoms in total. The van der Waals surface area contributed by atoms with E-state index in [1.54, 1.807) is 0 Å². The van der Waals surface area contributed by atoms with E-state index in [9.17, 15) is 0 Å². The van der Waals surface area contributed by atoms with Gasteiger partial charge in [-0.05, 0) is 12.8 Å². The smallest absolute Gasteiger partial charge is 0.0619 e. The number of hydrogen-bond acceptors (Lipinski definition) is 2. The van der Waals surface area contributed by atoms with Crippen molar-refractivity contribution in [2.24, 2.45) is 0 Å². The summed E-state index contributed by atoms with van der Waals surface area (Å²) in [4.78, 5) is 0. The van der Waals surface area contributed by atoms with Crippen molar-refractivity contribution in [3.63, 3.8) is 0 Å². The van der Waals surface area contributed by atoms with Crippen LogP contribution in [0.1, 0.15) is 12.8 Å². The molecule has 0 aromatic carbocycles. The van der Waals surface area contributed by atoms with Gasteiger partial charge in [0.1, 0.15) is 0 Å². The molecule has 3 atom stereocenters. The van der Waals surface area contributed by atoms with Gasteiger partial charge in [0, 0.05) is 18.6 Å². The van der Waals surface area contributed by atoms with Crippen LogP contribution in [0.2, 0.25) is 0 Å². The normalized spacial score (nSPS) is 66.0. The van der Waals surface area contributed by atoms with Gasteiger partial charge in [0.2, 0.25) is 0 Å². The second-order valence-corrected chi connectivity index (χ2v) is 3.25. The van der Waals surface area contributed by atoms with Gasteiger partial charge in [-0.3, -0.25) is 0 Å². The fraction of sp³-hybridized carbons (Fsp3) is 1.00. The van der Waals surface area contributed by atoms with Gasteiger partial charge in [0.25, 0.3) is 0 Å². The first-order chi connectivity index (χ1) is 3.92. The Morgan fingerprint density at radius 1 is 1.25 bits per heavy atom. The third kappa shape index (κ3) is 0.213. The van der Waals surface area contributed by atoms with Crippen LogP contribution in [0.4, 0.5) is 0 Å². The minimum atomic E-state index is 0.639. The van der Waals surface area contributed by atoms with Crippen LogP contribution in [-0.2, 0) is 0 Å². The Balaban J connectivity index is 2.02. The maximum Gasteiger partial charge on any atom is 0.0619 e. The van der Waals surface area contributed by atoms with Crippen molar-refractivity contribution in [1.82, 2.24) is 10.6 Å². The van der Waals surface area contributed by atoms with Crippen LogP contribution in [0.25, 0.3) is 0 Å². The van der Waals surface area contributed by atoms with Crippen molar-refractivity contribution < 1.29 is 0 Å². The lowest BCUT2D eigenvalue weighted by Gasteiger charge is -2.34. The molecule has 0 aromatic rings. The molecule has 0 bridgehead atoms. The Kier molecular flexibility index (Phi) is 0.408. The molecule has 0 radical (unpaired) electrons. The quantitative estimate of drug-likeness (QED) is 0.411. The van der Waals surface area contributed by atoms with E-state index in [0.717, 1.165) is 12.1 Å². The molecule has 8 heavy (non-hydrogen) atoms. The van der Waals surface area contributed by atoms with Gasteiger partial charge >= 0.3 is 0 Å². The van der Waals surface area contributed by atoms with E-state index >= 15 is 0 Å². The van der Waals surface area contributed by atoms with E-state index in [-0.39, 0.29) is 0 Å². The van der Waals surface area contributed by atoms with Crippen LogP contribution in [0.5, 0.6) is 0 Å². The predicted octanol–water partition coefficient (Wildman–Crippen LogP) is -0.537. The largest absolute Gasteiger partial charge is 0.310 e. The Hall–Kier alpha value is -0.0800. The van der Waals surface area contributed by atoms with Crippen LogP contribution in [-0.4, -0.2) is 24.2 Å². The molecule has 1 aliphatic carbocycles. The Bertz CT molecular complexity index is 139. The third-order valence-corrected chi connectivity index (χ3v) is 2.99. The minimum absolute atomic E-state index is 0.639. The number of hydrogen-bond donors (Lipinski definition) is 2. The van der Waals surface area contributed by atoms with Gasteiger partial charge in [-0.15, -0.1) is 0 Å². The van der Waals surface area contributed by atoms with Crippen LogP contribution in [0.3, 0.4) is 0 Å². The Morgan fingerprint density at radius 2 is 2.12 bits per heavy atom. The molecule has 1 spiro atoms. The first kappa shape index (κ1) is 3.85. The molecule has 3 aliphatic rings. The van der Waals surface area contributed by atoms with E-state index in [0.29, 0.717) is 5.54 Å². The highest BCUT2D eigenvalue weighted by molar-refractivity contribution is 5.31. The molecule has 0 aromatic heterocycles. The lowest BCUT2D eigenvalue weighted by molar-refractivity contribution is 0.292. The molecule has 3 fully saturated rings. The van der Waals surface area contributed by atoms with Gasteiger partial charge in [-0.2, -0.15) is 0 Å². The molecule has 2 aliphatic heterocycles. The summed E-state index contributed by atoms with van der Waals surface area (Å²) in [7, 11) is 0. The maximum absolute atomic E-state index is 3.52. The second kappa shape index (κ2) is 0.847. The zero-order valence-electron chi connectivity index (χ0n) is 4.78. The molecule has 2 heterocycles. The SMILES string of the molecule is C1CC2NC23CNC13. The summed E-state index contributed by atoms with van der Waals surface area (Å²) in [6.07, 6.45) is 2.83. The summed E-state index contributed by atoms with van der Waals surface area (Å²) in [6, 6.07) is 1.77. The highest BCUT2D eigenvalue weighted by Gasteiger charge is 2.67. The van der Waals surface area contributed by atoms with Crippen LogP contribution in [0.15, 0.2) is 0 Å². The molecule has 3 rings (SSSR count). The Labute approximate surface area is 48.6 Å². The monoisotopic (exact) mass is 110 g/mol. The minimum Gasteiger partial charge on any atom is -0.310 e. The molecule has 0 amide bonds. The van der Waals surface area contributed by atoms with Gasteiger partial charge in [-0.25, -0.2) is 0 Å². The molecule has 1 saturated carbocycles. The summed E-state index contributed by atoms with van der Waals surface area (Å²) >= 11 is 0.